The quantitative estimate of drug-likeness (QED) is 0.888. The monoisotopic (exact) mass is 305 g/mol. The van der Waals surface area contributed by atoms with Gasteiger partial charge in [-0.2, -0.15) is 0 Å². The highest BCUT2D eigenvalue weighted by Gasteiger charge is 2.12. The highest BCUT2D eigenvalue weighted by molar-refractivity contribution is 6.33. The Bertz CT molecular complexity index is 647. The minimum absolute atomic E-state index is 0.136. The first-order valence-corrected chi connectivity index (χ1v) is 6.81. The van der Waals surface area contributed by atoms with Crippen LogP contribution in [0.25, 0.3) is 0 Å². The van der Waals surface area contributed by atoms with Crippen molar-refractivity contribution in [3.05, 3.63) is 52.7 Å². The van der Waals surface area contributed by atoms with Gasteiger partial charge in [-0.05, 0) is 30.2 Å². The van der Waals surface area contributed by atoms with Crippen LogP contribution in [-0.2, 0) is 6.42 Å². The van der Waals surface area contributed by atoms with Gasteiger partial charge in [-0.3, -0.25) is 4.79 Å². The molecule has 1 amide bonds. The van der Waals surface area contributed by atoms with Gasteiger partial charge in [0.15, 0.2) is 0 Å². The number of ether oxygens (including phenoxy) is 1. The number of hydrogen-bond acceptors (Lipinski definition) is 4. The summed E-state index contributed by atoms with van der Waals surface area (Å²) in [7, 11) is 1.62. The Morgan fingerprint density at radius 3 is 2.86 bits per heavy atom. The average Bonchev–Trinajstić information content (AvgIpc) is 2.50. The second-order valence-corrected chi connectivity index (χ2v) is 4.79. The lowest BCUT2D eigenvalue weighted by Crippen LogP contribution is -2.27. The molecule has 0 unspecified atom stereocenters. The van der Waals surface area contributed by atoms with E-state index >= 15 is 0 Å². The molecule has 0 aliphatic carbocycles. The first-order valence-electron chi connectivity index (χ1n) is 6.44. The van der Waals surface area contributed by atoms with E-state index < -0.39 is 0 Å². The number of nitrogen functional groups attached to an aromatic ring is 1. The molecule has 0 aliphatic heterocycles. The Balaban J connectivity index is 1.97. The molecular weight excluding hydrogens is 290 g/mol. The van der Waals surface area contributed by atoms with Crippen LogP contribution in [-0.4, -0.2) is 24.5 Å². The van der Waals surface area contributed by atoms with Crippen molar-refractivity contribution in [2.24, 2.45) is 0 Å². The Morgan fingerprint density at radius 2 is 2.10 bits per heavy atom. The SMILES string of the molecule is COc1ccccc1CCNC(=O)c1nc(N)ccc1Cl. The third-order valence-electron chi connectivity index (χ3n) is 2.96. The number of para-hydroxylation sites is 1. The van der Waals surface area contributed by atoms with Gasteiger partial charge < -0.3 is 15.8 Å². The van der Waals surface area contributed by atoms with Crippen LogP contribution in [0.15, 0.2) is 36.4 Å². The summed E-state index contributed by atoms with van der Waals surface area (Å²) in [5, 5.41) is 3.05. The molecule has 110 valence electrons. The van der Waals surface area contributed by atoms with Crippen LogP contribution >= 0.6 is 11.6 Å². The number of nitrogens with one attached hydrogen (secondary N) is 1. The van der Waals surface area contributed by atoms with Crippen molar-refractivity contribution in [1.82, 2.24) is 10.3 Å². The summed E-state index contributed by atoms with van der Waals surface area (Å²) in [5.74, 6) is 0.711. The molecule has 1 aromatic heterocycles. The van der Waals surface area contributed by atoms with Crippen LogP contribution in [0.1, 0.15) is 16.1 Å². The third kappa shape index (κ3) is 3.86. The number of carbonyl (C=O) groups is 1. The molecule has 0 radical (unpaired) electrons. The van der Waals surface area contributed by atoms with Crippen LogP contribution in [0.5, 0.6) is 5.75 Å². The van der Waals surface area contributed by atoms with E-state index in [9.17, 15) is 4.79 Å². The summed E-state index contributed by atoms with van der Waals surface area (Å²) in [6.07, 6.45) is 0.649. The number of halogens is 1. The van der Waals surface area contributed by atoms with Crippen molar-refractivity contribution in [2.45, 2.75) is 6.42 Å². The van der Waals surface area contributed by atoms with E-state index in [0.717, 1.165) is 11.3 Å². The number of rotatable bonds is 5. The molecule has 0 bridgehead atoms. The molecular formula is C15H16ClN3O2. The standard InChI is InChI=1S/C15H16ClN3O2/c1-21-12-5-3-2-4-10(12)8-9-18-15(20)14-11(16)6-7-13(17)19-14/h2-7H,8-9H2,1H3,(H2,17,19)(H,18,20). The van der Waals surface area contributed by atoms with Crippen molar-refractivity contribution in [3.8, 4) is 5.75 Å². The lowest BCUT2D eigenvalue weighted by molar-refractivity contribution is 0.0949. The third-order valence-corrected chi connectivity index (χ3v) is 3.26. The van der Waals surface area contributed by atoms with Crippen LogP contribution in [0.3, 0.4) is 0 Å². The zero-order valence-corrected chi connectivity index (χ0v) is 12.4. The Kier molecular flexibility index (Phi) is 5.00. The molecule has 0 atom stereocenters. The number of pyridine rings is 1. The Morgan fingerprint density at radius 1 is 1.33 bits per heavy atom. The zero-order valence-electron chi connectivity index (χ0n) is 11.6. The topological polar surface area (TPSA) is 77.2 Å². The van der Waals surface area contributed by atoms with Gasteiger partial charge in [0.1, 0.15) is 17.3 Å². The van der Waals surface area contributed by atoms with Crippen LogP contribution < -0.4 is 15.8 Å². The molecule has 6 heteroatoms. The fourth-order valence-corrected chi connectivity index (χ4v) is 2.11. The highest BCUT2D eigenvalue weighted by atomic mass is 35.5. The van der Waals surface area contributed by atoms with E-state index in [0.29, 0.717) is 13.0 Å². The highest BCUT2D eigenvalue weighted by Crippen LogP contribution is 2.18. The summed E-state index contributed by atoms with van der Waals surface area (Å²) >= 11 is 5.94. The normalized spacial score (nSPS) is 10.2. The van der Waals surface area contributed by atoms with Crippen molar-refractivity contribution in [1.29, 1.82) is 0 Å². The number of anilines is 1. The second kappa shape index (κ2) is 6.95. The van der Waals surface area contributed by atoms with Crippen molar-refractivity contribution in [3.63, 3.8) is 0 Å². The molecule has 1 heterocycles. The maximum absolute atomic E-state index is 12.0. The van der Waals surface area contributed by atoms with E-state index in [-0.39, 0.29) is 22.4 Å². The van der Waals surface area contributed by atoms with Gasteiger partial charge in [0.25, 0.3) is 5.91 Å². The molecule has 2 aromatic rings. The summed E-state index contributed by atoms with van der Waals surface area (Å²) in [6.45, 7) is 0.450. The molecule has 21 heavy (non-hydrogen) atoms. The molecule has 0 saturated heterocycles. The van der Waals surface area contributed by atoms with Gasteiger partial charge >= 0.3 is 0 Å². The first-order chi connectivity index (χ1) is 10.1. The lowest BCUT2D eigenvalue weighted by Gasteiger charge is -2.09. The van der Waals surface area contributed by atoms with Gasteiger partial charge in [-0.25, -0.2) is 4.98 Å². The molecule has 0 spiro atoms. The molecule has 0 aliphatic rings. The van der Waals surface area contributed by atoms with E-state index in [2.05, 4.69) is 10.3 Å². The van der Waals surface area contributed by atoms with Gasteiger partial charge in [0.2, 0.25) is 0 Å². The summed E-state index contributed by atoms with van der Waals surface area (Å²) < 4.78 is 5.26. The fraction of sp³-hybridized carbons (Fsp3) is 0.200. The van der Waals surface area contributed by atoms with E-state index in [4.69, 9.17) is 22.1 Å². The number of aromatic nitrogens is 1. The van der Waals surface area contributed by atoms with Crippen LogP contribution in [0, 0.1) is 0 Å². The lowest BCUT2D eigenvalue weighted by atomic mass is 10.1. The van der Waals surface area contributed by atoms with Gasteiger partial charge in [0.05, 0.1) is 12.1 Å². The number of hydrogen-bond donors (Lipinski definition) is 2. The molecule has 2 rings (SSSR count). The van der Waals surface area contributed by atoms with E-state index in [1.54, 1.807) is 19.2 Å². The van der Waals surface area contributed by atoms with Crippen molar-refractivity contribution < 1.29 is 9.53 Å². The summed E-state index contributed by atoms with van der Waals surface area (Å²) in [5.41, 5.74) is 6.71. The molecule has 0 saturated carbocycles. The minimum atomic E-state index is -0.345. The van der Waals surface area contributed by atoms with Crippen LogP contribution in [0.2, 0.25) is 5.02 Å². The first kappa shape index (κ1) is 15.1. The Labute approximate surface area is 128 Å². The summed E-state index contributed by atoms with van der Waals surface area (Å²) in [6, 6.07) is 10.8. The number of methoxy groups -OCH3 is 1. The predicted octanol–water partition coefficient (Wildman–Crippen LogP) is 2.30. The van der Waals surface area contributed by atoms with Gasteiger partial charge in [-0.15, -0.1) is 0 Å². The van der Waals surface area contributed by atoms with Crippen LogP contribution in [0.4, 0.5) is 5.82 Å². The smallest absolute Gasteiger partial charge is 0.271 e. The fourth-order valence-electron chi connectivity index (χ4n) is 1.92. The van der Waals surface area contributed by atoms with Gasteiger partial charge in [-0.1, -0.05) is 29.8 Å². The van der Waals surface area contributed by atoms with Crippen molar-refractivity contribution in [2.75, 3.05) is 19.4 Å². The zero-order chi connectivity index (χ0) is 15.2. The largest absolute Gasteiger partial charge is 0.496 e. The van der Waals surface area contributed by atoms with Crippen molar-refractivity contribution >= 4 is 23.3 Å². The van der Waals surface area contributed by atoms with E-state index in [1.807, 2.05) is 24.3 Å². The Hall–Kier alpha value is -2.27. The molecule has 0 fully saturated rings. The number of nitrogens with two attached hydrogens (primary N) is 1. The number of carbonyl (C=O) groups excluding carboxylic acids is 1. The minimum Gasteiger partial charge on any atom is -0.496 e. The maximum Gasteiger partial charge on any atom is 0.271 e. The number of benzene rings is 1. The molecule has 3 N–H and O–H groups in total. The second-order valence-electron chi connectivity index (χ2n) is 4.38. The maximum atomic E-state index is 12.0. The van der Waals surface area contributed by atoms with E-state index in [1.165, 1.54) is 0 Å². The average molecular weight is 306 g/mol. The summed E-state index contributed by atoms with van der Waals surface area (Å²) in [4.78, 5) is 16.0. The number of nitrogens with zero attached hydrogens (tertiary/aromatic N) is 1. The molecule has 1 aromatic carbocycles. The predicted molar refractivity (Wildman–Crippen MR) is 82.7 cm³/mol. The number of amides is 1. The van der Waals surface area contributed by atoms with Gasteiger partial charge in [0, 0.05) is 6.54 Å². The molecule has 5 nitrogen and oxygen atoms in total.